The number of hydrogen-bond acceptors (Lipinski definition) is 4. The summed E-state index contributed by atoms with van der Waals surface area (Å²) in [6.07, 6.45) is 1.25. The van der Waals surface area contributed by atoms with Crippen LogP contribution in [-0.2, 0) is 17.9 Å². The summed E-state index contributed by atoms with van der Waals surface area (Å²) in [5.74, 6) is -0.884. The van der Waals surface area contributed by atoms with Crippen molar-refractivity contribution in [3.8, 4) is 11.5 Å². The van der Waals surface area contributed by atoms with Crippen LogP contribution in [0.2, 0.25) is 0 Å². The number of nitrogens with zero attached hydrogens (tertiary/aromatic N) is 2. The smallest absolute Gasteiger partial charge is 0.258 e. The Balaban J connectivity index is 1.93. The van der Waals surface area contributed by atoms with Gasteiger partial charge in [0, 0.05) is 37.5 Å². The van der Waals surface area contributed by atoms with Gasteiger partial charge in [-0.25, -0.2) is 0 Å². The molecule has 0 bridgehead atoms. The molecule has 0 saturated carbocycles. The maximum absolute atomic E-state index is 12.9. The molecule has 0 atom stereocenters. The minimum absolute atomic E-state index is 0.0897. The molecule has 2 aromatic rings. The number of carbonyl (C=O) groups is 2. The molecule has 1 aliphatic rings. The molecule has 1 heterocycles. The lowest BCUT2D eigenvalue weighted by Gasteiger charge is -2.20. The Bertz CT molecular complexity index is 897. The van der Waals surface area contributed by atoms with Gasteiger partial charge < -0.3 is 20.0 Å². The Morgan fingerprint density at radius 3 is 2.62 bits per heavy atom. The van der Waals surface area contributed by atoms with Crippen molar-refractivity contribution in [2.24, 2.45) is 0 Å². The average molecular weight is 352 g/mol. The third-order valence-corrected chi connectivity index (χ3v) is 4.63. The molecule has 6 nitrogen and oxygen atoms in total. The lowest BCUT2D eigenvalue weighted by molar-refractivity contribution is -0.113. The fourth-order valence-electron chi connectivity index (χ4n) is 3.30. The number of phenols is 2. The van der Waals surface area contributed by atoms with Crippen LogP contribution in [0.1, 0.15) is 27.0 Å². The van der Waals surface area contributed by atoms with Crippen molar-refractivity contribution in [2.45, 2.75) is 20.0 Å². The van der Waals surface area contributed by atoms with Crippen LogP contribution < -0.4 is 4.90 Å². The first-order chi connectivity index (χ1) is 12.3. The highest BCUT2D eigenvalue weighted by atomic mass is 16.3. The van der Waals surface area contributed by atoms with Gasteiger partial charge >= 0.3 is 0 Å². The molecule has 0 fully saturated rings. The van der Waals surface area contributed by atoms with Crippen molar-refractivity contribution in [3.63, 3.8) is 0 Å². The van der Waals surface area contributed by atoms with E-state index in [2.05, 4.69) is 6.58 Å². The molecular formula is C20H20N2O4. The third-order valence-electron chi connectivity index (χ3n) is 4.63. The number of fused-ring (bicyclic) bond motifs is 1. The predicted octanol–water partition coefficient (Wildman–Crippen LogP) is 2.71. The van der Waals surface area contributed by atoms with Crippen LogP contribution in [0.3, 0.4) is 0 Å². The van der Waals surface area contributed by atoms with Crippen LogP contribution in [0.15, 0.2) is 43.0 Å². The van der Waals surface area contributed by atoms with E-state index in [9.17, 15) is 19.8 Å². The number of amides is 2. The monoisotopic (exact) mass is 352 g/mol. The Morgan fingerprint density at radius 2 is 1.96 bits per heavy atom. The molecule has 3 rings (SSSR count). The van der Waals surface area contributed by atoms with Crippen molar-refractivity contribution in [3.05, 3.63) is 65.2 Å². The number of likely N-dealkylation sites (N-methyl/N-ethyl adjacent to an activating group) is 1. The molecule has 0 saturated heterocycles. The summed E-state index contributed by atoms with van der Waals surface area (Å²) < 4.78 is 0. The van der Waals surface area contributed by atoms with Crippen molar-refractivity contribution in [1.82, 2.24) is 4.90 Å². The first-order valence-electron chi connectivity index (χ1n) is 8.16. The molecule has 134 valence electrons. The van der Waals surface area contributed by atoms with Gasteiger partial charge in [-0.15, -0.1) is 0 Å². The molecule has 26 heavy (non-hydrogen) atoms. The first-order valence-corrected chi connectivity index (χ1v) is 8.16. The van der Waals surface area contributed by atoms with Crippen LogP contribution in [0, 0.1) is 6.92 Å². The highest BCUT2D eigenvalue weighted by Gasteiger charge is 2.30. The summed E-state index contributed by atoms with van der Waals surface area (Å²) >= 11 is 0. The molecule has 0 unspecified atom stereocenters. The second-order valence-corrected chi connectivity index (χ2v) is 6.33. The number of aromatic hydroxyl groups is 2. The average Bonchev–Trinajstić information content (AvgIpc) is 3.03. The molecule has 6 heteroatoms. The van der Waals surface area contributed by atoms with Crippen LogP contribution in [0.25, 0.3) is 0 Å². The molecule has 0 aliphatic carbocycles. The molecule has 2 amide bonds. The minimum atomic E-state index is -0.320. The summed E-state index contributed by atoms with van der Waals surface area (Å²) in [6.45, 7) is 5.89. The number of benzene rings is 2. The van der Waals surface area contributed by atoms with Gasteiger partial charge in [0.05, 0.1) is 5.56 Å². The van der Waals surface area contributed by atoms with Crippen LogP contribution in [-0.4, -0.2) is 34.0 Å². The van der Waals surface area contributed by atoms with Gasteiger partial charge in [-0.05, 0) is 36.3 Å². The van der Waals surface area contributed by atoms with E-state index in [0.29, 0.717) is 18.7 Å². The SMILES string of the molecule is C=CC(=O)N(C)c1cccc2c1CN(C(=O)c1c(C)cc(O)cc1O)C2. The number of phenolic OH excluding ortho intramolecular Hbond substituents is 2. The standard InChI is InChI=1S/C20H20N2O4/c1-4-18(25)21(3)16-7-5-6-13-10-22(11-15(13)16)20(26)19-12(2)8-14(23)9-17(19)24/h4-9,23-24H,1,10-11H2,2-3H3. The van der Waals surface area contributed by atoms with Gasteiger partial charge in [0.1, 0.15) is 11.5 Å². The van der Waals surface area contributed by atoms with E-state index in [-0.39, 0.29) is 28.9 Å². The van der Waals surface area contributed by atoms with E-state index >= 15 is 0 Å². The van der Waals surface area contributed by atoms with Gasteiger partial charge in [-0.2, -0.15) is 0 Å². The van der Waals surface area contributed by atoms with E-state index in [4.69, 9.17) is 0 Å². The van der Waals surface area contributed by atoms with E-state index in [1.54, 1.807) is 18.9 Å². The molecule has 2 aromatic carbocycles. The molecule has 0 aromatic heterocycles. The van der Waals surface area contributed by atoms with Crippen LogP contribution >= 0.6 is 0 Å². The second kappa shape index (κ2) is 6.55. The van der Waals surface area contributed by atoms with E-state index in [0.717, 1.165) is 22.9 Å². The highest BCUT2D eigenvalue weighted by molar-refractivity contribution is 6.02. The molecule has 0 radical (unpaired) electrons. The molecular weight excluding hydrogens is 332 g/mol. The molecule has 1 aliphatic heterocycles. The number of aryl methyl sites for hydroxylation is 1. The first kappa shape index (κ1) is 17.5. The summed E-state index contributed by atoms with van der Waals surface area (Å²) in [4.78, 5) is 28.0. The van der Waals surface area contributed by atoms with Gasteiger partial charge in [-0.1, -0.05) is 18.7 Å². The largest absolute Gasteiger partial charge is 0.508 e. The van der Waals surface area contributed by atoms with E-state index < -0.39 is 0 Å². The molecule has 2 N–H and O–H groups in total. The van der Waals surface area contributed by atoms with Gasteiger partial charge in [0.25, 0.3) is 5.91 Å². The summed E-state index contributed by atoms with van der Waals surface area (Å²) in [7, 11) is 1.67. The topological polar surface area (TPSA) is 81.1 Å². The maximum Gasteiger partial charge on any atom is 0.258 e. The Hall–Kier alpha value is -3.28. The fourth-order valence-corrected chi connectivity index (χ4v) is 3.30. The number of rotatable bonds is 3. The fraction of sp³-hybridized carbons (Fsp3) is 0.200. The zero-order valence-corrected chi connectivity index (χ0v) is 14.7. The summed E-state index contributed by atoms with van der Waals surface area (Å²) in [5, 5.41) is 19.6. The Labute approximate surface area is 151 Å². The normalized spacial score (nSPS) is 12.6. The number of hydrogen-bond donors (Lipinski definition) is 2. The minimum Gasteiger partial charge on any atom is -0.508 e. The van der Waals surface area contributed by atoms with Gasteiger partial charge in [-0.3, -0.25) is 9.59 Å². The lowest BCUT2D eigenvalue weighted by Crippen LogP contribution is -2.27. The quantitative estimate of drug-likeness (QED) is 0.832. The molecule has 0 spiro atoms. The van der Waals surface area contributed by atoms with Crippen molar-refractivity contribution in [2.75, 3.05) is 11.9 Å². The highest BCUT2D eigenvalue weighted by Crippen LogP contribution is 2.34. The predicted molar refractivity (Wildman–Crippen MR) is 98.1 cm³/mol. The Kier molecular flexibility index (Phi) is 4.42. The lowest BCUT2D eigenvalue weighted by atomic mass is 10.1. The second-order valence-electron chi connectivity index (χ2n) is 6.33. The third kappa shape index (κ3) is 2.90. The van der Waals surface area contributed by atoms with E-state index in [1.165, 1.54) is 17.0 Å². The van der Waals surface area contributed by atoms with Crippen molar-refractivity contribution < 1.29 is 19.8 Å². The summed E-state index contributed by atoms with van der Waals surface area (Å²) in [5.41, 5.74) is 3.26. The zero-order chi connectivity index (χ0) is 19.0. The zero-order valence-electron chi connectivity index (χ0n) is 14.7. The van der Waals surface area contributed by atoms with Crippen molar-refractivity contribution in [1.29, 1.82) is 0 Å². The summed E-state index contributed by atoms with van der Waals surface area (Å²) in [6, 6.07) is 8.20. The maximum atomic E-state index is 12.9. The van der Waals surface area contributed by atoms with Crippen molar-refractivity contribution >= 4 is 17.5 Å². The number of carbonyl (C=O) groups excluding carboxylic acids is 2. The Morgan fingerprint density at radius 1 is 1.23 bits per heavy atom. The van der Waals surface area contributed by atoms with Gasteiger partial charge in [0.2, 0.25) is 5.91 Å². The van der Waals surface area contributed by atoms with Crippen LogP contribution in [0.4, 0.5) is 5.69 Å². The van der Waals surface area contributed by atoms with E-state index in [1.807, 2.05) is 18.2 Å². The van der Waals surface area contributed by atoms with Crippen LogP contribution in [0.5, 0.6) is 11.5 Å². The number of anilines is 1. The van der Waals surface area contributed by atoms with Gasteiger partial charge in [0.15, 0.2) is 0 Å².